The van der Waals surface area contributed by atoms with Crippen LogP contribution in [-0.2, 0) is 0 Å². The van der Waals surface area contributed by atoms with E-state index in [9.17, 15) is 0 Å². The van der Waals surface area contributed by atoms with Crippen molar-refractivity contribution in [3.63, 3.8) is 0 Å². The number of aromatic nitrogens is 14. The number of fused-ring (bicyclic) bond motifs is 10. The third kappa shape index (κ3) is 10.9. The summed E-state index contributed by atoms with van der Waals surface area (Å²) in [7, 11) is 0. The summed E-state index contributed by atoms with van der Waals surface area (Å²) in [4.78, 5) is 50.1. The third-order valence-corrected chi connectivity index (χ3v) is 16.6. The highest BCUT2D eigenvalue weighted by atomic mass is 79.9. The first-order chi connectivity index (χ1) is 46.0. The monoisotopic (exact) mass is 1260 g/mol. The Kier molecular flexibility index (Phi) is 14.7. The highest BCUT2D eigenvalue weighted by Crippen LogP contribution is 2.39. The molecule has 440 valence electrons. The first kappa shape index (κ1) is 55.8. The molecule has 93 heavy (non-hydrogen) atoms. The summed E-state index contributed by atoms with van der Waals surface area (Å²) < 4.78 is 6.99. The molecule has 14 nitrogen and oxygen atoms in total. The lowest BCUT2D eigenvalue weighted by Gasteiger charge is -2.11. The normalized spacial score (nSPS) is 11.3. The van der Waals surface area contributed by atoms with Crippen molar-refractivity contribution >= 4 is 81.3 Å². The molecular weight excluding hydrogens is 1210 g/mol. The van der Waals surface area contributed by atoms with Gasteiger partial charge in [-0.05, 0) is 113 Å². The molecule has 0 aliphatic heterocycles. The zero-order valence-corrected chi connectivity index (χ0v) is 51.1. The second kappa shape index (κ2) is 24.5. The number of rotatable bonds is 9. The molecule has 0 spiro atoms. The summed E-state index contributed by atoms with van der Waals surface area (Å²) in [5.41, 5.74) is 14.2. The average molecular weight is 1260 g/mol. The fourth-order valence-electron chi connectivity index (χ4n) is 12.0. The van der Waals surface area contributed by atoms with Crippen LogP contribution in [0.3, 0.4) is 0 Å². The largest absolute Gasteiger partial charge is 0.354 e. The van der Waals surface area contributed by atoms with Crippen LogP contribution in [0.5, 0.6) is 0 Å². The SMILES string of the molecule is Brc1nc(-c2ccccc2)nc(-c2ccccc2)n1.c1ccc(-c2nc(-c3ccccc3)nc(-n3c4ccccc4c4c5ccn(-c6cccc(-c7cccnc7)n6)c5ccc43)n2)cc1.c1cncc(-c2cccc(-n3ccc4c5c(ccc43)[nH]c3ccccc35)n2)c1. The quantitative estimate of drug-likeness (QED) is 0.147. The number of hydrogen-bond donors (Lipinski definition) is 1. The van der Waals surface area contributed by atoms with Gasteiger partial charge < -0.3 is 14.1 Å². The van der Waals surface area contributed by atoms with E-state index in [1.807, 2.05) is 194 Å². The summed E-state index contributed by atoms with van der Waals surface area (Å²) in [5.74, 6) is 4.91. The molecular formula is C78H51BrN14. The molecule has 0 atom stereocenters. The second-order valence-electron chi connectivity index (χ2n) is 22.0. The Bertz CT molecular complexity index is 5590. The van der Waals surface area contributed by atoms with Gasteiger partial charge in [-0.25, -0.2) is 29.9 Å². The maximum atomic E-state index is 5.06. The number of para-hydroxylation sites is 2. The van der Waals surface area contributed by atoms with Crippen molar-refractivity contribution in [1.29, 1.82) is 0 Å². The topological polar surface area (TPSA) is 159 Å². The fourth-order valence-corrected chi connectivity index (χ4v) is 12.3. The first-order valence-corrected chi connectivity index (χ1v) is 31.0. The van der Waals surface area contributed by atoms with Gasteiger partial charge in [0.05, 0.1) is 33.5 Å². The van der Waals surface area contributed by atoms with Crippen LogP contribution >= 0.6 is 15.9 Å². The summed E-state index contributed by atoms with van der Waals surface area (Å²) in [6, 6.07) is 89.9. The van der Waals surface area contributed by atoms with E-state index >= 15 is 0 Å². The van der Waals surface area contributed by atoms with Crippen LogP contribution < -0.4 is 0 Å². The van der Waals surface area contributed by atoms with Gasteiger partial charge in [-0.2, -0.15) is 9.97 Å². The maximum Gasteiger partial charge on any atom is 0.238 e. The smallest absolute Gasteiger partial charge is 0.238 e. The highest BCUT2D eigenvalue weighted by Gasteiger charge is 2.21. The van der Waals surface area contributed by atoms with E-state index in [1.54, 1.807) is 12.4 Å². The van der Waals surface area contributed by atoms with E-state index in [2.05, 4.69) is 157 Å². The number of nitrogens with one attached hydrogen (secondary N) is 1. The summed E-state index contributed by atoms with van der Waals surface area (Å²) in [6.07, 6.45) is 11.4. The molecule has 15 heteroatoms. The Morgan fingerprint density at radius 3 is 1.24 bits per heavy atom. The van der Waals surface area contributed by atoms with Crippen molar-refractivity contribution in [3.8, 4) is 85.7 Å². The zero-order valence-electron chi connectivity index (χ0n) is 49.6. The predicted molar refractivity (Wildman–Crippen MR) is 375 cm³/mol. The van der Waals surface area contributed by atoms with Gasteiger partial charge in [0, 0.05) is 114 Å². The molecule has 0 radical (unpaired) electrons. The van der Waals surface area contributed by atoms with Gasteiger partial charge in [-0.1, -0.05) is 170 Å². The molecule has 1 N–H and O–H groups in total. The third-order valence-electron chi connectivity index (χ3n) is 16.3. The minimum absolute atomic E-state index is 0.542. The van der Waals surface area contributed by atoms with Crippen LogP contribution in [0.2, 0.25) is 0 Å². The molecule has 0 bridgehead atoms. The number of H-pyrrole nitrogens is 1. The minimum atomic E-state index is 0.542. The number of nitrogens with zero attached hydrogens (tertiary/aromatic N) is 13. The van der Waals surface area contributed by atoms with E-state index in [-0.39, 0.29) is 0 Å². The van der Waals surface area contributed by atoms with Crippen molar-refractivity contribution in [2.45, 2.75) is 0 Å². The van der Waals surface area contributed by atoms with Crippen molar-refractivity contribution in [3.05, 3.63) is 309 Å². The molecule has 0 saturated heterocycles. The first-order valence-electron chi connectivity index (χ1n) is 30.2. The second-order valence-corrected chi connectivity index (χ2v) is 22.7. The lowest BCUT2D eigenvalue weighted by molar-refractivity contribution is 0.953. The van der Waals surface area contributed by atoms with Crippen molar-refractivity contribution in [2.75, 3.05) is 0 Å². The van der Waals surface area contributed by atoms with Crippen LogP contribution in [-0.4, -0.2) is 68.5 Å². The van der Waals surface area contributed by atoms with E-state index in [4.69, 9.17) is 24.9 Å². The lowest BCUT2D eigenvalue weighted by atomic mass is 10.1. The number of hydrogen-bond acceptors (Lipinski definition) is 10. The van der Waals surface area contributed by atoms with Crippen molar-refractivity contribution in [2.24, 2.45) is 0 Å². The molecule has 0 unspecified atom stereocenters. The van der Waals surface area contributed by atoms with E-state index < -0.39 is 0 Å². The van der Waals surface area contributed by atoms with Gasteiger partial charge in [-0.3, -0.25) is 14.5 Å². The van der Waals surface area contributed by atoms with E-state index in [0.29, 0.717) is 34.0 Å². The van der Waals surface area contributed by atoms with Crippen LogP contribution in [0, 0.1) is 0 Å². The fraction of sp³-hybridized carbons (Fsp3) is 0. The number of halogens is 1. The molecule has 18 rings (SSSR count). The Morgan fingerprint density at radius 2 is 0.720 bits per heavy atom. The molecule has 10 heterocycles. The summed E-state index contributed by atoms with van der Waals surface area (Å²) >= 11 is 3.35. The van der Waals surface area contributed by atoms with Gasteiger partial charge in [0.2, 0.25) is 10.7 Å². The Balaban J connectivity index is 0.000000123. The molecule has 10 aromatic heterocycles. The van der Waals surface area contributed by atoms with Crippen LogP contribution in [0.4, 0.5) is 0 Å². The molecule has 8 aromatic carbocycles. The van der Waals surface area contributed by atoms with Crippen molar-refractivity contribution in [1.82, 2.24) is 68.5 Å². The maximum absolute atomic E-state index is 5.06. The highest BCUT2D eigenvalue weighted by molar-refractivity contribution is 9.10. The zero-order chi connectivity index (χ0) is 62.0. The Morgan fingerprint density at radius 1 is 0.290 bits per heavy atom. The van der Waals surface area contributed by atoms with Crippen LogP contribution in [0.1, 0.15) is 0 Å². The number of aromatic amines is 1. The van der Waals surface area contributed by atoms with Crippen LogP contribution in [0.15, 0.2) is 309 Å². The van der Waals surface area contributed by atoms with Gasteiger partial charge in [0.15, 0.2) is 23.3 Å². The predicted octanol–water partition coefficient (Wildman–Crippen LogP) is 18.4. The molecule has 18 aromatic rings. The minimum Gasteiger partial charge on any atom is -0.354 e. The average Bonchev–Trinajstić information content (AvgIpc) is 1.58. The van der Waals surface area contributed by atoms with Gasteiger partial charge in [0.25, 0.3) is 0 Å². The van der Waals surface area contributed by atoms with Gasteiger partial charge in [-0.15, -0.1) is 0 Å². The Hall–Kier alpha value is -12.5. The standard InChI is InChI=1S/C39H25N7.C24H16N4.C15H10BrN3/c1-3-11-26(12-4-1)37-42-38(27-13-5-2-6-14-27)44-39(43-37)46-33-18-8-7-16-29(33)36-30-22-24-45(32(30)20-21-34(36)46)35-19-9-17-31(41-35)28-15-10-23-40-25-28;1-2-7-20-17(6-1)24-18-12-14-28(22(18)11-10-21(24)26-20)23-9-3-8-19(27-23)16-5-4-13-25-15-16;16-15-18-13(11-7-3-1-4-8-11)17-14(19-15)12-9-5-2-6-10-12/h1-25H;1-15,26H;1-10H. The summed E-state index contributed by atoms with van der Waals surface area (Å²) in [6.45, 7) is 0. The molecule has 0 fully saturated rings. The number of benzene rings is 8. The lowest BCUT2D eigenvalue weighted by Crippen LogP contribution is -2.06. The van der Waals surface area contributed by atoms with Gasteiger partial charge in [0.1, 0.15) is 11.6 Å². The van der Waals surface area contributed by atoms with E-state index in [1.165, 1.54) is 16.2 Å². The number of pyridine rings is 4. The molecule has 0 aliphatic carbocycles. The summed E-state index contributed by atoms with van der Waals surface area (Å²) in [5, 5.41) is 7.12. The van der Waals surface area contributed by atoms with Crippen molar-refractivity contribution < 1.29 is 0 Å². The van der Waals surface area contributed by atoms with E-state index in [0.717, 1.165) is 106 Å². The molecule has 0 aliphatic rings. The van der Waals surface area contributed by atoms with Gasteiger partial charge >= 0.3 is 0 Å². The Labute approximate surface area is 541 Å². The molecule has 0 saturated carbocycles. The molecule has 0 amide bonds. The van der Waals surface area contributed by atoms with Crippen LogP contribution in [0.25, 0.3) is 151 Å².